The van der Waals surface area contributed by atoms with E-state index in [0.29, 0.717) is 45.7 Å². The zero-order valence-electron chi connectivity index (χ0n) is 33.7. The maximum atomic E-state index is 13.6. The fraction of sp³-hybridized carbons (Fsp3) is 0.244. The number of rotatable bonds is 14. The fourth-order valence-corrected chi connectivity index (χ4v) is 7.83. The van der Waals surface area contributed by atoms with E-state index in [1.165, 1.54) is 35.0 Å². The SMILES string of the molecule is COC(=O)CC(CC(=O)OC)(C(N)=O)[N+](c1ccc2c(c1)CCCN2C(=O)CCc1ccc(C(=O)OCc2ccccc2)cc1C(=N)N)=S(=O)=O.c1ccc2ccccc2c1. The number of amides is 2. The summed E-state index contributed by atoms with van der Waals surface area (Å²) in [4.78, 5) is 65.4. The van der Waals surface area contributed by atoms with Crippen LogP contribution in [-0.4, -0.2) is 74.2 Å². The van der Waals surface area contributed by atoms with Crippen molar-refractivity contribution in [2.45, 2.75) is 50.7 Å². The van der Waals surface area contributed by atoms with Gasteiger partial charge in [-0.15, -0.1) is 8.42 Å². The number of ether oxygens (including phenoxy) is 3. The van der Waals surface area contributed by atoms with Gasteiger partial charge in [0.25, 0.3) is 11.4 Å². The summed E-state index contributed by atoms with van der Waals surface area (Å²) in [5, 5.41) is 10.7. The molecule has 1 aliphatic rings. The van der Waals surface area contributed by atoms with Crippen LogP contribution in [0.1, 0.15) is 58.3 Å². The van der Waals surface area contributed by atoms with Crippen molar-refractivity contribution in [3.8, 4) is 0 Å². The van der Waals surface area contributed by atoms with E-state index < -0.39 is 52.7 Å². The number of nitrogen functional groups attached to an aromatic ring is 1. The molecule has 0 aliphatic carbocycles. The molecule has 1 aliphatic heterocycles. The van der Waals surface area contributed by atoms with Gasteiger partial charge in [0.15, 0.2) is 0 Å². The Morgan fingerprint density at radius 3 is 1.92 bits per heavy atom. The molecule has 0 bridgehead atoms. The van der Waals surface area contributed by atoms with Crippen LogP contribution in [0.3, 0.4) is 0 Å². The van der Waals surface area contributed by atoms with Crippen LogP contribution in [0, 0.1) is 5.41 Å². The van der Waals surface area contributed by atoms with E-state index in [2.05, 4.69) is 58.0 Å². The van der Waals surface area contributed by atoms with Crippen molar-refractivity contribution in [1.82, 2.24) is 0 Å². The maximum absolute atomic E-state index is 13.6. The normalized spacial score (nSPS) is 11.9. The van der Waals surface area contributed by atoms with Crippen molar-refractivity contribution in [2.75, 3.05) is 25.7 Å². The molecule has 0 spiro atoms. The molecule has 61 heavy (non-hydrogen) atoms. The first-order chi connectivity index (χ1) is 29.3. The van der Waals surface area contributed by atoms with Crippen LogP contribution in [0.25, 0.3) is 10.8 Å². The Hall–Kier alpha value is -7.20. The first-order valence-electron chi connectivity index (χ1n) is 19.2. The second-order valence-corrected chi connectivity index (χ2v) is 14.9. The summed E-state index contributed by atoms with van der Waals surface area (Å²) in [6.07, 6.45) is -0.572. The van der Waals surface area contributed by atoms with Crippen LogP contribution >= 0.6 is 0 Å². The molecule has 5 aromatic rings. The lowest BCUT2D eigenvalue weighted by Gasteiger charge is -2.30. The number of aryl methyl sites for hydroxylation is 2. The molecule has 1 heterocycles. The molecule has 0 unspecified atom stereocenters. The molecule has 0 saturated heterocycles. The zero-order chi connectivity index (χ0) is 44.1. The molecule has 2 amide bonds. The summed E-state index contributed by atoms with van der Waals surface area (Å²) < 4.78 is 40.7. The zero-order valence-corrected chi connectivity index (χ0v) is 34.5. The number of hydrogen-bond acceptors (Lipinski definition) is 11. The van der Waals surface area contributed by atoms with Gasteiger partial charge in [0.1, 0.15) is 25.3 Å². The highest BCUT2D eigenvalue weighted by Gasteiger charge is 2.55. The van der Waals surface area contributed by atoms with Gasteiger partial charge in [0.2, 0.25) is 11.6 Å². The van der Waals surface area contributed by atoms with Gasteiger partial charge >= 0.3 is 28.4 Å². The largest absolute Gasteiger partial charge is 0.469 e. The molecule has 0 fully saturated rings. The number of carbonyl (C=O) groups excluding carboxylic acids is 5. The van der Waals surface area contributed by atoms with Gasteiger partial charge in [0.05, 0.1) is 19.8 Å². The molecule has 0 atom stereocenters. The van der Waals surface area contributed by atoms with Crippen LogP contribution in [0.5, 0.6) is 0 Å². The third kappa shape index (κ3) is 11.1. The molecular formula is C45H46N5O10S+. The van der Waals surface area contributed by atoms with E-state index in [1.807, 2.05) is 30.3 Å². The van der Waals surface area contributed by atoms with Crippen molar-refractivity contribution >= 4 is 68.2 Å². The van der Waals surface area contributed by atoms with Gasteiger partial charge in [-0.3, -0.25) is 24.6 Å². The lowest BCUT2D eigenvalue weighted by Crippen LogP contribution is -2.54. The fourth-order valence-electron chi connectivity index (χ4n) is 7.04. The Morgan fingerprint density at radius 1 is 0.787 bits per heavy atom. The van der Waals surface area contributed by atoms with Gasteiger partial charge in [-0.2, -0.15) is 0 Å². The summed E-state index contributed by atoms with van der Waals surface area (Å²) in [5.74, 6) is -4.40. The van der Waals surface area contributed by atoms with Crippen LogP contribution in [0.2, 0.25) is 0 Å². The summed E-state index contributed by atoms with van der Waals surface area (Å²) in [7, 11) is -1.14. The molecule has 5 aromatic carbocycles. The first-order valence-corrected chi connectivity index (χ1v) is 20.2. The summed E-state index contributed by atoms with van der Waals surface area (Å²) >= 11 is 0. The quantitative estimate of drug-likeness (QED) is 0.0436. The van der Waals surface area contributed by atoms with Crippen LogP contribution in [0.4, 0.5) is 11.4 Å². The number of benzene rings is 5. The third-order valence-corrected chi connectivity index (χ3v) is 11.0. The van der Waals surface area contributed by atoms with Crippen molar-refractivity contribution in [3.05, 3.63) is 143 Å². The van der Waals surface area contributed by atoms with E-state index in [0.717, 1.165) is 19.8 Å². The first kappa shape index (κ1) is 44.9. The number of hydrogen-bond donors (Lipinski definition) is 3. The summed E-state index contributed by atoms with van der Waals surface area (Å²) in [6, 6.07) is 34.8. The predicted octanol–water partition coefficient (Wildman–Crippen LogP) is 5.14. The van der Waals surface area contributed by atoms with Gasteiger partial charge in [-0.25, -0.2) is 4.79 Å². The summed E-state index contributed by atoms with van der Waals surface area (Å²) in [5.41, 5.74) is 12.0. The number of nitrogens with two attached hydrogens (primary N) is 2. The van der Waals surface area contributed by atoms with Gasteiger partial charge in [-0.1, -0.05) is 88.9 Å². The highest BCUT2D eigenvalue weighted by molar-refractivity contribution is 7.59. The molecule has 0 aromatic heterocycles. The number of primary amides is 1. The number of amidine groups is 1. The molecule has 6 rings (SSSR count). The lowest BCUT2D eigenvalue weighted by molar-refractivity contribution is -0.493. The average Bonchev–Trinajstić information content (AvgIpc) is 3.27. The van der Waals surface area contributed by atoms with Crippen molar-refractivity contribution in [2.24, 2.45) is 11.5 Å². The monoisotopic (exact) mass is 848 g/mol. The third-order valence-electron chi connectivity index (χ3n) is 10.2. The van der Waals surface area contributed by atoms with Gasteiger partial charge < -0.3 is 30.6 Å². The number of esters is 3. The van der Waals surface area contributed by atoms with Crippen LogP contribution in [-0.2, 0) is 63.3 Å². The minimum absolute atomic E-state index is 0.0129. The smallest absolute Gasteiger partial charge is 0.466 e. The number of nitrogens with one attached hydrogen (secondary N) is 1. The van der Waals surface area contributed by atoms with E-state index in [1.54, 1.807) is 17.0 Å². The van der Waals surface area contributed by atoms with Crippen LogP contribution in [0.15, 0.2) is 115 Å². The van der Waals surface area contributed by atoms with E-state index in [9.17, 15) is 32.4 Å². The van der Waals surface area contributed by atoms with E-state index >= 15 is 0 Å². The lowest BCUT2D eigenvalue weighted by atomic mass is 9.89. The Balaban J connectivity index is 0.000000608. The number of fused-ring (bicyclic) bond motifs is 2. The summed E-state index contributed by atoms with van der Waals surface area (Å²) in [6.45, 7) is 0.438. The Kier molecular flexibility index (Phi) is 15.2. The van der Waals surface area contributed by atoms with Gasteiger partial charge in [-0.05, 0) is 64.9 Å². The number of carbonyl (C=O) groups is 5. The molecule has 316 valence electrons. The molecule has 0 radical (unpaired) electrons. The Morgan fingerprint density at radius 2 is 1.38 bits per heavy atom. The van der Waals surface area contributed by atoms with Gasteiger partial charge in [0, 0.05) is 36.3 Å². The average molecular weight is 849 g/mol. The van der Waals surface area contributed by atoms with E-state index in [4.69, 9.17) is 21.6 Å². The number of nitrogens with zero attached hydrogens (tertiary/aromatic N) is 2. The molecule has 15 nitrogen and oxygen atoms in total. The Labute approximate surface area is 354 Å². The minimum atomic E-state index is -3.22. The highest BCUT2D eigenvalue weighted by Crippen LogP contribution is 2.35. The second-order valence-electron chi connectivity index (χ2n) is 14.1. The number of anilines is 1. The number of methoxy groups -OCH3 is 2. The Bertz CT molecular complexity index is 2520. The second kappa shape index (κ2) is 20.7. The highest BCUT2D eigenvalue weighted by atomic mass is 32.2. The van der Waals surface area contributed by atoms with E-state index in [-0.39, 0.29) is 42.4 Å². The molecular weight excluding hydrogens is 803 g/mol. The standard InChI is InChI=1S/C35H37N5O10S.C10H8/c1-48-30(42)19-35(34(38)45,20-31(43)49-2)40(51(46)47)26-13-14-28-24(17-26)9-6-16-39(28)29(41)15-12-23-10-11-25(18-27(23)32(36)37)33(44)50-21-22-7-4-3-5-8-22;1-2-6-10-8-4-3-7-9(10)5-1/h3-5,7-8,10-11,13-14,17-18H,6,9,12,15-16,19-21H2,1-2H3,(H4-,36,37,38,45);1-8H/p+1. The van der Waals surface area contributed by atoms with Crippen molar-refractivity contribution < 1.29 is 50.5 Å². The predicted molar refractivity (Wildman–Crippen MR) is 226 cm³/mol. The molecule has 0 saturated carbocycles. The maximum Gasteiger partial charge on any atom is 0.466 e. The topological polar surface area (TPSA) is 229 Å². The van der Waals surface area contributed by atoms with Crippen molar-refractivity contribution in [3.63, 3.8) is 0 Å². The van der Waals surface area contributed by atoms with Crippen LogP contribution < -0.4 is 16.4 Å². The van der Waals surface area contributed by atoms with Crippen molar-refractivity contribution in [1.29, 1.82) is 5.41 Å². The molecule has 5 N–H and O–H groups in total. The molecule has 16 heteroatoms. The minimum Gasteiger partial charge on any atom is -0.469 e.